The van der Waals surface area contributed by atoms with E-state index in [0.717, 1.165) is 5.56 Å². The van der Waals surface area contributed by atoms with E-state index in [1.165, 1.54) is 12.1 Å². The lowest BCUT2D eigenvalue weighted by Gasteiger charge is -2.28. The Morgan fingerprint density at radius 2 is 1.96 bits per heavy atom. The normalized spacial score (nSPS) is 11.7. The Labute approximate surface area is 136 Å². The summed E-state index contributed by atoms with van der Waals surface area (Å²) in [4.78, 5) is 11.7. The van der Waals surface area contributed by atoms with Crippen LogP contribution in [0.4, 0.5) is 9.18 Å². The number of hydrogen-bond acceptors (Lipinski definition) is 4. The van der Waals surface area contributed by atoms with E-state index in [9.17, 15) is 9.18 Å². The van der Waals surface area contributed by atoms with Gasteiger partial charge >= 0.3 is 6.09 Å². The van der Waals surface area contributed by atoms with Gasteiger partial charge in [0.1, 0.15) is 17.5 Å². The van der Waals surface area contributed by atoms with Gasteiger partial charge in [0.15, 0.2) is 0 Å². The first-order valence-corrected chi connectivity index (χ1v) is 7.43. The molecule has 1 rings (SSSR count). The maximum Gasteiger partial charge on any atom is 0.407 e. The molecular formula is C17H24FN3O2. The van der Waals surface area contributed by atoms with Crippen LogP contribution in [0.5, 0.6) is 0 Å². The standard InChI is InChI=1S/C17H24FN3O2/c1-16(2,3)23-15(22)20-11-17(4,5)21-10-12-6-7-14(18)13(8-12)9-19/h6-8,21H,10-11H2,1-5H3,(H,20,22). The Kier molecular flexibility index (Phi) is 6.11. The second-order valence-electron chi connectivity index (χ2n) is 7.02. The molecule has 2 N–H and O–H groups in total. The van der Waals surface area contributed by atoms with E-state index >= 15 is 0 Å². The van der Waals surface area contributed by atoms with Gasteiger partial charge in [-0.1, -0.05) is 6.07 Å². The van der Waals surface area contributed by atoms with Gasteiger partial charge in [-0.05, 0) is 52.3 Å². The molecule has 1 amide bonds. The first-order chi connectivity index (χ1) is 10.5. The maximum atomic E-state index is 13.3. The van der Waals surface area contributed by atoms with Gasteiger partial charge in [0, 0.05) is 18.6 Å². The summed E-state index contributed by atoms with van der Waals surface area (Å²) in [5.74, 6) is -0.526. The molecule has 23 heavy (non-hydrogen) atoms. The number of alkyl carbamates (subject to hydrolysis) is 1. The number of amides is 1. The summed E-state index contributed by atoms with van der Waals surface area (Å²) in [6, 6.07) is 6.24. The number of rotatable bonds is 5. The molecule has 126 valence electrons. The molecule has 0 heterocycles. The van der Waals surface area contributed by atoms with E-state index < -0.39 is 23.1 Å². The first-order valence-electron chi connectivity index (χ1n) is 7.43. The third kappa shape index (κ3) is 7.11. The second-order valence-corrected chi connectivity index (χ2v) is 7.02. The summed E-state index contributed by atoms with van der Waals surface area (Å²) in [5, 5.41) is 14.8. The van der Waals surface area contributed by atoms with Crippen molar-refractivity contribution in [3.63, 3.8) is 0 Å². The van der Waals surface area contributed by atoms with Crippen molar-refractivity contribution < 1.29 is 13.9 Å². The average molecular weight is 321 g/mol. The summed E-state index contributed by atoms with van der Waals surface area (Å²) in [6.45, 7) is 10.1. The Morgan fingerprint density at radius 1 is 1.30 bits per heavy atom. The average Bonchev–Trinajstić information content (AvgIpc) is 2.43. The van der Waals surface area contributed by atoms with Crippen molar-refractivity contribution in [3.05, 3.63) is 35.1 Å². The lowest BCUT2D eigenvalue weighted by atomic mass is 10.0. The third-order valence-electron chi connectivity index (χ3n) is 3.00. The van der Waals surface area contributed by atoms with Gasteiger partial charge in [0.2, 0.25) is 0 Å². The molecule has 0 bridgehead atoms. The van der Waals surface area contributed by atoms with Crippen LogP contribution in [0.1, 0.15) is 45.7 Å². The first kappa shape index (κ1) is 18.9. The minimum absolute atomic E-state index is 0.0222. The number of ether oxygens (including phenoxy) is 1. The number of nitriles is 1. The van der Waals surface area contributed by atoms with E-state index in [1.54, 1.807) is 26.8 Å². The summed E-state index contributed by atoms with van der Waals surface area (Å²) < 4.78 is 18.5. The van der Waals surface area contributed by atoms with Crippen molar-refractivity contribution in [2.75, 3.05) is 6.54 Å². The zero-order valence-electron chi connectivity index (χ0n) is 14.3. The van der Waals surface area contributed by atoms with Gasteiger partial charge in [-0.25, -0.2) is 9.18 Å². The zero-order chi connectivity index (χ0) is 17.7. The van der Waals surface area contributed by atoms with Gasteiger partial charge in [-0.2, -0.15) is 5.26 Å². The van der Waals surface area contributed by atoms with E-state index in [0.29, 0.717) is 13.1 Å². The fourth-order valence-electron chi connectivity index (χ4n) is 1.78. The van der Waals surface area contributed by atoms with Crippen LogP contribution in [0, 0.1) is 17.1 Å². The number of halogens is 1. The lowest BCUT2D eigenvalue weighted by Crippen LogP contribution is -2.49. The molecule has 0 spiro atoms. The SMILES string of the molecule is CC(C)(CNC(=O)OC(C)(C)C)NCc1ccc(F)c(C#N)c1. The highest BCUT2D eigenvalue weighted by molar-refractivity contribution is 5.67. The predicted molar refractivity (Wildman–Crippen MR) is 86.3 cm³/mol. The molecule has 1 aromatic carbocycles. The minimum atomic E-state index is -0.538. The van der Waals surface area contributed by atoms with Gasteiger partial charge in [0.25, 0.3) is 0 Å². The number of carbonyl (C=O) groups excluding carboxylic acids is 1. The molecule has 0 aliphatic rings. The van der Waals surface area contributed by atoms with Crippen LogP contribution in [0.25, 0.3) is 0 Å². The minimum Gasteiger partial charge on any atom is -0.444 e. The van der Waals surface area contributed by atoms with Crippen LogP contribution in [-0.2, 0) is 11.3 Å². The molecule has 0 unspecified atom stereocenters. The molecule has 0 aliphatic carbocycles. The molecule has 0 saturated heterocycles. The summed E-state index contributed by atoms with van der Waals surface area (Å²) in [6.07, 6.45) is -0.471. The highest BCUT2D eigenvalue weighted by Gasteiger charge is 2.21. The van der Waals surface area contributed by atoms with E-state index in [1.807, 2.05) is 19.9 Å². The molecule has 0 fully saturated rings. The largest absolute Gasteiger partial charge is 0.444 e. The lowest BCUT2D eigenvalue weighted by molar-refractivity contribution is 0.0513. The van der Waals surface area contributed by atoms with Crippen LogP contribution >= 0.6 is 0 Å². The number of carbonyl (C=O) groups is 1. The quantitative estimate of drug-likeness (QED) is 0.874. The van der Waals surface area contributed by atoms with E-state index in [4.69, 9.17) is 10.00 Å². The van der Waals surface area contributed by atoms with E-state index in [2.05, 4.69) is 10.6 Å². The van der Waals surface area contributed by atoms with Crippen molar-refractivity contribution in [2.24, 2.45) is 0 Å². The van der Waals surface area contributed by atoms with Crippen molar-refractivity contribution in [1.29, 1.82) is 5.26 Å². The van der Waals surface area contributed by atoms with E-state index in [-0.39, 0.29) is 5.56 Å². The van der Waals surface area contributed by atoms with Crippen LogP contribution in [-0.4, -0.2) is 23.8 Å². The molecule has 1 aromatic rings. The fourth-order valence-corrected chi connectivity index (χ4v) is 1.78. The zero-order valence-corrected chi connectivity index (χ0v) is 14.3. The molecule has 5 nitrogen and oxygen atoms in total. The van der Waals surface area contributed by atoms with Crippen LogP contribution in [0.15, 0.2) is 18.2 Å². The Morgan fingerprint density at radius 3 is 2.52 bits per heavy atom. The third-order valence-corrected chi connectivity index (χ3v) is 3.00. The van der Waals surface area contributed by atoms with Gasteiger partial charge in [0.05, 0.1) is 5.56 Å². The summed E-state index contributed by atoms with van der Waals surface area (Å²) in [7, 11) is 0. The molecule has 0 atom stereocenters. The number of nitrogens with zero attached hydrogens (tertiary/aromatic N) is 1. The van der Waals surface area contributed by atoms with Crippen LogP contribution in [0.3, 0.4) is 0 Å². The molecule has 0 saturated carbocycles. The number of benzene rings is 1. The maximum absolute atomic E-state index is 13.3. The molecule has 0 aliphatic heterocycles. The highest BCUT2D eigenvalue weighted by atomic mass is 19.1. The van der Waals surface area contributed by atoms with Crippen molar-refractivity contribution >= 4 is 6.09 Å². The summed E-state index contributed by atoms with van der Waals surface area (Å²) in [5.41, 5.74) is -0.107. The van der Waals surface area contributed by atoms with Crippen LogP contribution < -0.4 is 10.6 Å². The predicted octanol–water partition coefficient (Wildman–Crippen LogP) is 3.09. The molecular weight excluding hydrogens is 297 g/mol. The number of hydrogen-bond donors (Lipinski definition) is 2. The topological polar surface area (TPSA) is 74.2 Å². The molecule has 0 aromatic heterocycles. The number of nitrogens with one attached hydrogen (secondary N) is 2. The fraction of sp³-hybridized carbons (Fsp3) is 0.529. The Balaban J connectivity index is 2.53. The smallest absolute Gasteiger partial charge is 0.407 e. The molecule has 0 radical (unpaired) electrons. The van der Waals surface area contributed by atoms with Gasteiger partial charge in [-0.3, -0.25) is 0 Å². The second kappa shape index (κ2) is 7.42. The highest BCUT2D eigenvalue weighted by Crippen LogP contribution is 2.11. The van der Waals surface area contributed by atoms with Gasteiger partial charge < -0.3 is 15.4 Å². The Bertz CT molecular complexity index is 601. The summed E-state index contributed by atoms with van der Waals surface area (Å²) >= 11 is 0. The van der Waals surface area contributed by atoms with Crippen molar-refractivity contribution in [3.8, 4) is 6.07 Å². The van der Waals surface area contributed by atoms with Crippen LogP contribution in [0.2, 0.25) is 0 Å². The Hall–Kier alpha value is -2.13. The molecule has 6 heteroatoms. The van der Waals surface area contributed by atoms with Gasteiger partial charge in [-0.15, -0.1) is 0 Å². The van der Waals surface area contributed by atoms with Crippen molar-refractivity contribution in [1.82, 2.24) is 10.6 Å². The monoisotopic (exact) mass is 321 g/mol. The van der Waals surface area contributed by atoms with Crippen molar-refractivity contribution in [2.45, 2.75) is 52.3 Å².